The fourth-order valence-corrected chi connectivity index (χ4v) is 2.72. The average Bonchev–Trinajstić information content (AvgIpc) is 3.07. The summed E-state index contributed by atoms with van der Waals surface area (Å²) in [4.78, 5) is 17.7. The van der Waals surface area contributed by atoms with E-state index in [4.69, 9.17) is 35.4 Å². The highest BCUT2D eigenvalue weighted by atomic mass is 35.5. The lowest BCUT2D eigenvalue weighted by molar-refractivity contribution is -0.384. The first-order valence-electron chi connectivity index (χ1n) is 7.55. The van der Waals surface area contributed by atoms with Crippen LogP contribution in [0.5, 0.6) is 0 Å². The summed E-state index contributed by atoms with van der Waals surface area (Å²) < 4.78 is 0. The third kappa shape index (κ3) is 4.33. The van der Waals surface area contributed by atoms with Crippen LogP contribution in [0.2, 0.25) is 10.0 Å². The first kappa shape index (κ1) is 19.0. The molecular weight excluding hydrogens is 411 g/mol. The van der Waals surface area contributed by atoms with Gasteiger partial charge < -0.3 is 10.3 Å². The second-order valence-corrected chi connectivity index (χ2v) is 6.60. The van der Waals surface area contributed by atoms with Crippen LogP contribution in [-0.4, -0.2) is 25.7 Å². The predicted molar refractivity (Wildman–Crippen MR) is 111 cm³/mol. The van der Waals surface area contributed by atoms with Gasteiger partial charge in [-0.15, -0.1) is 0 Å². The predicted octanol–water partition coefficient (Wildman–Crippen LogP) is 4.49. The molecule has 138 valence electrons. The number of nitrogens with zero attached hydrogens (tertiary/aromatic N) is 3. The van der Waals surface area contributed by atoms with Crippen LogP contribution >= 0.6 is 35.4 Å². The van der Waals surface area contributed by atoms with Gasteiger partial charge in [-0.05, 0) is 37.3 Å². The Hall–Kier alpha value is -2.75. The van der Waals surface area contributed by atoms with Gasteiger partial charge in [0.1, 0.15) is 5.71 Å². The smallest absolute Gasteiger partial charge is 0.271 e. The highest BCUT2D eigenvalue weighted by molar-refractivity contribution is 7.80. The molecule has 0 radical (unpaired) electrons. The van der Waals surface area contributed by atoms with E-state index in [2.05, 4.69) is 25.8 Å². The van der Waals surface area contributed by atoms with Crippen LogP contribution in [0.1, 0.15) is 12.7 Å². The molecule has 0 bridgehead atoms. The maximum Gasteiger partial charge on any atom is 0.271 e. The summed E-state index contributed by atoms with van der Waals surface area (Å²) in [5.74, 6) is 0.460. The molecule has 0 amide bonds. The van der Waals surface area contributed by atoms with Gasteiger partial charge in [0.05, 0.1) is 31.7 Å². The molecule has 3 N–H and O–H groups in total. The van der Waals surface area contributed by atoms with Crippen molar-refractivity contribution >= 4 is 68.7 Å². The molecule has 0 unspecified atom stereocenters. The lowest BCUT2D eigenvalue weighted by atomic mass is 10.3. The van der Waals surface area contributed by atoms with E-state index in [-0.39, 0.29) is 10.8 Å². The molecule has 27 heavy (non-hydrogen) atoms. The molecule has 0 atom stereocenters. The highest BCUT2D eigenvalue weighted by Crippen LogP contribution is 2.29. The maximum atomic E-state index is 10.9. The van der Waals surface area contributed by atoms with Gasteiger partial charge >= 0.3 is 0 Å². The zero-order valence-corrected chi connectivity index (χ0v) is 16.1. The van der Waals surface area contributed by atoms with E-state index in [1.807, 2.05) is 0 Å². The summed E-state index contributed by atoms with van der Waals surface area (Å²) in [6, 6.07) is 9.51. The van der Waals surface area contributed by atoms with Gasteiger partial charge in [-0.1, -0.05) is 29.3 Å². The van der Waals surface area contributed by atoms with Gasteiger partial charge in [-0.25, -0.2) is 4.98 Å². The van der Waals surface area contributed by atoms with Crippen LogP contribution in [0.3, 0.4) is 0 Å². The molecule has 8 nitrogen and oxygen atoms in total. The maximum absolute atomic E-state index is 10.9. The summed E-state index contributed by atoms with van der Waals surface area (Å²) in [7, 11) is 0. The van der Waals surface area contributed by atoms with Gasteiger partial charge in [0.25, 0.3) is 5.69 Å². The topological polar surface area (TPSA) is 108 Å². The molecule has 1 heterocycles. The van der Waals surface area contributed by atoms with Crippen LogP contribution in [0.25, 0.3) is 11.0 Å². The lowest BCUT2D eigenvalue weighted by Gasteiger charge is -2.09. The van der Waals surface area contributed by atoms with E-state index < -0.39 is 4.92 Å². The van der Waals surface area contributed by atoms with E-state index in [1.54, 1.807) is 31.2 Å². The monoisotopic (exact) mass is 422 g/mol. The Kier molecular flexibility index (Phi) is 5.54. The molecule has 1 aromatic heterocycles. The number of nitro groups is 1. The van der Waals surface area contributed by atoms with Gasteiger partial charge in [-0.3, -0.25) is 15.5 Å². The summed E-state index contributed by atoms with van der Waals surface area (Å²) in [6.45, 7) is 1.72. The van der Waals surface area contributed by atoms with Crippen LogP contribution in [0.15, 0.2) is 41.5 Å². The number of nitrogens with one attached hydrogen (secondary N) is 3. The highest BCUT2D eigenvalue weighted by Gasteiger charge is 2.11. The Balaban J connectivity index is 1.73. The van der Waals surface area contributed by atoms with Crippen molar-refractivity contribution in [3.05, 3.63) is 62.4 Å². The van der Waals surface area contributed by atoms with Crippen molar-refractivity contribution < 1.29 is 4.92 Å². The Morgan fingerprint density at radius 3 is 2.85 bits per heavy atom. The molecular formula is C16H12Cl2N6O2S. The Labute approximate surface area is 168 Å². The first-order chi connectivity index (χ1) is 12.8. The van der Waals surface area contributed by atoms with Gasteiger partial charge in [0.15, 0.2) is 10.9 Å². The van der Waals surface area contributed by atoms with Crippen LogP contribution in [0.4, 0.5) is 11.4 Å². The third-order valence-corrected chi connectivity index (χ3v) is 4.56. The second-order valence-electron chi connectivity index (χ2n) is 5.41. The SMILES string of the molecule is C/C(=N\NC(=S)Nc1cccc(Cl)c1Cl)c1nc2ccc([N+](=O)[O-])cc2[nH]1. The zero-order chi connectivity index (χ0) is 19.6. The quantitative estimate of drug-likeness (QED) is 0.247. The minimum absolute atomic E-state index is 0.0193. The number of rotatable bonds is 4. The first-order valence-corrected chi connectivity index (χ1v) is 8.71. The number of hydrogen-bond donors (Lipinski definition) is 3. The number of imidazole rings is 1. The number of hydrogen-bond acceptors (Lipinski definition) is 5. The molecule has 3 aromatic rings. The Bertz CT molecular complexity index is 1080. The van der Waals surface area contributed by atoms with Crippen molar-refractivity contribution in [2.75, 3.05) is 5.32 Å². The van der Waals surface area contributed by atoms with Crippen molar-refractivity contribution in [3.8, 4) is 0 Å². The van der Waals surface area contributed by atoms with E-state index in [0.29, 0.717) is 38.3 Å². The standard InChI is InChI=1S/C16H12Cl2N6O2S/c1-8(15-19-11-6-5-9(24(25)26)7-13(11)20-15)22-23-16(27)21-12-4-2-3-10(17)14(12)18/h2-7H,1H3,(H,19,20)(H2,21,23,27)/b22-8+. The fraction of sp³-hybridized carbons (Fsp3) is 0.0625. The Morgan fingerprint density at radius 1 is 1.33 bits per heavy atom. The number of non-ortho nitro benzene ring substituents is 1. The number of aromatic nitrogens is 2. The zero-order valence-electron chi connectivity index (χ0n) is 13.8. The lowest BCUT2D eigenvalue weighted by Crippen LogP contribution is -2.25. The van der Waals surface area contributed by atoms with Crippen molar-refractivity contribution in [3.63, 3.8) is 0 Å². The van der Waals surface area contributed by atoms with Crippen LogP contribution < -0.4 is 10.7 Å². The molecule has 0 fully saturated rings. The van der Waals surface area contributed by atoms with Crippen LogP contribution in [0, 0.1) is 10.1 Å². The minimum Gasteiger partial charge on any atom is -0.337 e. The number of benzene rings is 2. The summed E-state index contributed by atoms with van der Waals surface area (Å²) in [5, 5.41) is 18.9. The molecule has 3 rings (SSSR count). The molecule has 0 aliphatic rings. The van der Waals surface area contributed by atoms with E-state index in [1.165, 1.54) is 12.1 Å². The molecule has 0 saturated heterocycles. The summed E-state index contributed by atoms with van der Waals surface area (Å²) in [5.41, 5.74) is 4.86. The number of anilines is 1. The van der Waals surface area contributed by atoms with Crippen molar-refractivity contribution in [1.82, 2.24) is 15.4 Å². The third-order valence-electron chi connectivity index (χ3n) is 3.54. The van der Waals surface area contributed by atoms with Gasteiger partial charge in [-0.2, -0.15) is 5.10 Å². The number of hydrazone groups is 1. The van der Waals surface area contributed by atoms with E-state index >= 15 is 0 Å². The van der Waals surface area contributed by atoms with E-state index in [0.717, 1.165) is 0 Å². The molecule has 11 heteroatoms. The Morgan fingerprint density at radius 2 is 2.11 bits per heavy atom. The fourth-order valence-electron chi connectivity index (χ4n) is 2.22. The minimum atomic E-state index is -0.465. The van der Waals surface area contributed by atoms with Crippen LogP contribution in [-0.2, 0) is 0 Å². The average molecular weight is 423 g/mol. The number of H-pyrrole nitrogens is 1. The molecule has 0 aliphatic carbocycles. The van der Waals surface area contributed by atoms with Crippen molar-refractivity contribution in [2.45, 2.75) is 6.92 Å². The van der Waals surface area contributed by atoms with Crippen molar-refractivity contribution in [1.29, 1.82) is 0 Å². The molecule has 0 saturated carbocycles. The largest absolute Gasteiger partial charge is 0.337 e. The number of fused-ring (bicyclic) bond motifs is 1. The molecule has 2 aromatic carbocycles. The number of nitro benzene ring substituents is 1. The molecule has 0 aliphatic heterocycles. The normalized spacial score (nSPS) is 11.4. The number of halogens is 2. The molecule has 0 spiro atoms. The van der Waals surface area contributed by atoms with E-state index in [9.17, 15) is 10.1 Å². The van der Waals surface area contributed by atoms with Gasteiger partial charge in [0, 0.05) is 12.1 Å². The van der Waals surface area contributed by atoms with Crippen molar-refractivity contribution in [2.24, 2.45) is 5.10 Å². The number of thiocarbonyl (C=S) groups is 1. The second kappa shape index (κ2) is 7.87. The van der Waals surface area contributed by atoms with Gasteiger partial charge in [0.2, 0.25) is 0 Å². The summed E-state index contributed by atoms with van der Waals surface area (Å²) in [6.07, 6.45) is 0. The number of aromatic amines is 1. The summed E-state index contributed by atoms with van der Waals surface area (Å²) >= 11 is 17.2.